The van der Waals surface area contributed by atoms with Gasteiger partial charge in [0, 0.05) is 37.0 Å². The van der Waals surface area contributed by atoms with Gasteiger partial charge < -0.3 is 24.0 Å². The lowest BCUT2D eigenvalue weighted by Gasteiger charge is -2.23. The Morgan fingerprint density at radius 1 is 0.585 bits per heavy atom. The average Bonchev–Trinajstić information content (AvgIpc) is 3.15. The quantitative estimate of drug-likeness (QED) is 0.0342. The van der Waals surface area contributed by atoms with Gasteiger partial charge in [-0.3, -0.25) is 14.4 Å². The first-order chi connectivity index (χ1) is 25.8. The largest absolute Gasteiger partial charge is 0.464 e. The highest BCUT2D eigenvalue weighted by molar-refractivity contribution is 9.09. The third-order valence-electron chi connectivity index (χ3n) is 9.81. The highest BCUT2D eigenvalue weighted by Crippen LogP contribution is 2.14. The van der Waals surface area contributed by atoms with E-state index in [-0.39, 0.29) is 37.2 Å². The Labute approximate surface area is 339 Å². The second-order valence-corrected chi connectivity index (χ2v) is 16.8. The van der Waals surface area contributed by atoms with E-state index in [0.29, 0.717) is 31.7 Å². The maximum Gasteiger partial charge on any atom is 0.305 e. The number of halogens is 1. The summed E-state index contributed by atoms with van der Waals surface area (Å²) in [6, 6.07) is 0. The van der Waals surface area contributed by atoms with Crippen molar-refractivity contribution in [2.24, 2.45) is 0 Å². The number of hydrogen-bond acceptors (Lipinski definition) is 8. The van der Waals surface area contributed by atoms with Crippen LogP contribution in [0.5, 0.6) is 0 Å². The van der Waals surface area contributed by atoms with Crippen LogP contribution in [0.3, 0.4) is 0 Å². The van der Waals surface area contributed by atoms with E-state index in [4.69, 9.17) is 14.2 Å². The van der Waals surface area contributed by atoms with Gasteiger partial charge in [0.15, 0.2) is 0 Å². The lowest BCUT2D eigenvalue weighted by molar-refractivity contribution is -0.147. The van der Waals surface area contributed by atoms with Crippen molar-refractivity contribution in [3.05, 3.63) is 0 Å². The van der Waals surface area contributed by atoms with Crippen LogP contribution in [0.25, 0.3) is 0 Å². The smallest absolute Gasteiger partial charge is 0.305 e. The third-order valence-corrected chi connectivity index (χ3v) is 11.1. The van der Waals surface area contributed by atoms with Crippen molar-refractivity contribution in [1.29, 1.82) is 0 Å². The molecule has 1 unspecified atom stereocenters. The fourth-order valence-electron chi connectivity index (χ4n) is 6.23. The molecule has 53 heavy (non-hydrogen) atoms. The van der Waals surface area contributed by atoms with E-state index >= 15 is 0 Å². The van der Waals surface area contributed by atoms with Gasteiger partial charge in [-0.25, -0.2) is 0 Å². The molecule has 10 heteroatoms. The summed E-state index contributed by atoms with van der Waals surface area (Å²) in [4.78, 5) is 42.0. The molecule has 0 rings (SSSR count). The average molecular weight is 836 g/mol. The van der Waals surface area contributed by atoms with Gasteiger partial charge in [-0.05, 0) is 33.2 Å². The number of thioether (sulfide) groups is 1. The Hall–Kier alpha value is -0.840. The molecule has 0 aromatic rings. The predicted octanol–water partition coefficient (Wildman–Crippen LogP) is 11.2. The number of hydrogen-bond donors (Lipinski definition) is 0. The summed E-state index contributed by atoms with van der Waals surface area (Å²) < 4.78 is 16.8. The first kappa shape index (κ1) is 52.2. The first-order valence-electron chi connectivity index (χ1n) is 21.9. The molecule has 0 spiro atoms. The zero-order chi connectivity index (χ0) is 39.0. The van der Waals surface area contributed by atoms with Gasteiger partial charge in [0.05, 0.1) is 31.6 Å². The lowest BCUT2D eigenvalue weighted by atomic mass is 10.1. The molecule has 0 heterocycles. The molecule has 0 saturated carbocycles. The molecule has 0 radical (unpaired) electrons. The van der Waals surface area contributed by atoms with Gasteiger partial charge in [-0.2, -0.15) is 11.8 Å². The van der Waals surface area contributed by atoms with Crippen molar-refractivity contribution in [2.75, 3.05) is 69.9 Å². The van der Waals surface area contributed by atoms with Crippen LogP contribution in [0.1, 0.15) is 181 Å². The second kappa shape index (κ2) is 40.8. The molecule has 0 aliphatic carbocycles. The van der Waals surface area contributed by atoms with Gasteiger partial charge in [0.25, 0.3) is 0 Å². The van der Waals surface area contributed by atoms with Crippen LogP contribution < -0.4 is 0 Å². The molecule has 1 atom stereocenters. The third kappa shape index (κ3) is 37.8. The molecule has 0 aliphatic rings. The predicted molar refractivity (Wildman–Crippen MR) is 229 cm³/mol. The molecule has 0 bridgehead atoms. The Morgan fingerprint density at radius 2 is 1.00 bits per heavy atom. The number of rotatable bonds is 41. The van der Waals surface area contributed by atoms with Gasteiger partial charge >= 0.3 is 11.9 Å². The van der Waals surface area contributed by atoms with Crippen LogP contribution in [-0.2, 0) is 28.6 Å². The van der Waals surface area contributed by atoms with Crippen molar-refractivity contribution < 1.29 is 28.6 Å². The fraction of sp³-hybridized carbons (Fsp3) is 0.930. The molecule has 314 valence electrons. The Kier molecular flexibility index (Phi) is 40.2. The summed E-state index contributed by atoms with van der Waals surface area (Å²) in [5.74, 6) is 0.774. The fourth-order valence-corrected chi connectivity index (χ4v) is 7.36. The number of carbonyl (C=O) groups excluding carboxylic acids is 3. The van der Waals surface area contributed by atoms with E-state index in [9.17, 15) is 14.4 Å². The van der Waals surface area contributed by atoms with Crippen molar-refractivity contribution in [2.45, 2.75) is 187 Å². The Balaban J connectivity index is 4.43. The second-order valence-electron chi connectivity index (χ2n) is 14.9. The molecule has 0 saturated heterocycles. The first-order valence-corrected chi connectivity index (χ1v) is 24.1. The highest BCUT2D eigenvalue weighted by atomic mass is 79.9. The SMILES string of the molecule is CCCCCCCCCCCCCC(=O)OCCN(CCOC(=O)CCCCCCCCCCCCC)C(=O)CSCCN(C)CCC(C)OCCBr. The molecular formula is C43H83BrN2O6S. The summed E-state index contributed by atoms with van der Waals surface area (Å²) >= 11 is 5.01. The lowest BCUT2D eigenvalue weighted by Crippen LogP contribution is -2.38. The van der Waals surface area contributed by atoms with E-state index in [1.54, 1.807) is 16.7 Å². The van der Waals surface area contributed by atoms with Crippen LogP contribution in [0.4, 0.5) is 0 Å². The summed E-state index contributed by atoms with van der Waals surface area (Å²) in [7, 11) is 2.10. The molecule has 8 nitrogen and oxygen atoms in total. The molecule has 0 aromatic heterocycles. The molecule has 0 N–H and O–H groups in total. The number of amides is 1. The monoisotopic (exact) mass is 835 g/mol. The van der Waals surface area contributed by atoms with Gasteiger partial charge in [-0.15, -0.1) is 0 Å². The Bertz CT molecular complexity index is 795. The normalized spacial score (nSPS) is 12.0. The van der Waals surface area contributed by atoms with Crippen molar-refractivity contribution >= 4 is 45.5 Å². The summed E-state index contributed by atoms with van der Waals surface area (Å²) in [5.41, 5.74) is 0. The van der Waals surface area contributed by atoms with Crippen LogP contribution >= 0.6 is 27.7 Å². The maximum absolute atomic E-state index is 13.2. The number of nitrogens with zero attached hydrogens (tertiary/aromatic N) is 2. The summed E-state index contributed by atoms with van der Waals surface area (Å²) in [6.45, 7) is 10.1. The van der Waals surface area contributed by atoms with Gasteiger partial charge in [0.1, 0.15) is 13.2 Å². The molecule has 0 fully saturated rings. The van der Waals surface area contributed by atoms with Crippen molar-refractivity contribution in [3.63, 3.8) is 0 Å². The number of alkyl halides is 1. The standard InChI is InChI=1S/C43H83BrN2O6S/c1-5-7-9-11-13-15-17-19-21-23-25-27-42(48)51-36-32-46(41(47)39-53-38-34-45(4)31-29-40(3)50-35-30-44)33-37-52-43(49)28-26-24-22-20-18-16-14-12-10-8-6-2/h40H,5-39H2,1-4H3. The van der Waals surface area contributed by atoms with Crippen molar-refractivity contribution in [1.82, 2.24) is 9.80 Å². The summed E-state index contributed by atoms with van der Waals surface area (Å²) in [5, 5.41) is 0.846. The number of esters is 2. The zero-order valence-corrected chi connectivity index (χ0v) is 37.4. The minimum atomic E-state index is -0.198. The van der Waals surface area contributed by atoms with Gasteiger partial charge in [-0.1, -0.05) is 158 Å². The maximum atomic E-state index is 13.2. The number of carbonyl (C=O) groups is 3. The molecule has 1 amide bonds. The minimum Gasteiger partial charge on any atom is -0.464 e. The Morgan fingerprint density at radius 3 is 1.42 bits per heavy atom. The molecule has 0 aliphatic heterocycles. The van der Waals surface area contributed by atoms with E-state index < -0.39 is 0 Å². The number of ether oxygens (including phenoxy) is 3. The van der Waals surface area contributed by atoms with Crippen LogP contribution in [-0.4, -0.2) is 104 Å². The van der Waals surface area contributed by atoms with Crippen LogP contribution in [0, 0.1) is 0 Å². The molecule has 0 aromatic carbocycles. The van der Waals surface area contributed by atoms with E-state index in [0.717, 1.165) is 62.9 Å². The van der Waals surface area contributed by atoms with E-state index in [1.165, 1.54) is 116 Å². The van der Waals surface area contributed by atoms with E-state index in [2.05, 4.69) is 48.6 Å². The summed E-state index contributed by atoms with van der Waals surface area (Å²) in [6.07, 6.45) is 29.3. The van der Waals surface area contributed by atoms with Crippen molar-refractivity contribution in [3.8, 4) is 0 Å². The topological polar surface area (TPSA) is 85.4 Å². The minimum absolute atomic E-state index is 0.0164. The van der Waals surface area contributed by atoms with Crippen LogP contribution in [0.2, 0.25) is 0 Å². The number of unbranched alkanes of at least 4 members (excludes halogenated alkanes) is 20. The van der Waals surface area contributed by atoms with Gasteiger partial charge in [0.2, 0.25) is 5.91 Å². The van der Waals surface area contributed by atoms with Crippen LogP contribution in [0.15, 0.2) is 0 Å². The zero-order valence-electron chi connectivity index (χ0n) is 35.0. The van der Waals surface area contributed by atoms with E-state index in [1.807, 2.05) is 0 Å². The highest BCUT2D eigenvalue weighted by Gasteiger charge is 2.16. The molecular weight excluding hydrogens is 752 g/mol.